The number of halogens is 2. The van der Waals surface area contributed by atoms with Crippen LogP contribution in [0.3, 0.4) is 0 Å². The van der Waals surface area contributed by atoms with Crippen LogP contribution in [0.5, 0.6) is 0 Å². The van der Waals surface area contributed by atoms with Crippen LogP contribution in [0, 0.1) is 18.6 Å². The topological polar surface area (TPSA) is 83.7 Å². The molecule has 1 saturated heterocycles. The molecule has 0 spiro atoms. The van der Waals surface area contributed by atoms with Crippen LogP contribution in [0.15, 0.2) is 33.7 Å². The Bertz CT molecular complexity index is 905. The average Bonchev–Trinajstić information content (AvgIpc) is 3.00. The monoisotopic (exact) mass is 371 g/mol. The number of carbonyl (C=O) groups is 1. The Morgan fingerprint density at radius 3 is 2.40 bits per heavy atom. The molecule has 0 bridgehead atoms. The van der Waals surface area contributed by atoms with Crippen molar-refractivity contribution in [3.63, 3.8) is 0 Å². The van der Waals surface area contributed by atoms with Gasteiger partial charge < -0.3 is 9.42 Å². The lowest BCUT2D eigenvalue weighted by atomic mass is 10.3. The SMILES string of the molecule is Cc1cc(C(=O)N2CCN(S(=O)(=O)c3ccc(F)cc3F)CC2)on1. The standard InChI is InChI=1S/C15H15F2N3O4S/c1-10-8-13(24-18-10)15(21)19-4-6-20(7-5-19)25(22,23)14-3-2-11(16)9-12(14)17/h2-3,8-9H,4-7H2,1H3. The van der Waals surface area contributed by atoms with Crippen molar-refractivity contribution in [3.05, 3.63) is 47.4 Å². The third-order valence-corrected chi connectivity index (χ3v) is 5.81. The first-order valence-electron chi connectivity index (χ1n) is 7.47. The summed E-state index contributed by atoms with van der Waals surface area (Å²) in [6, 6.07) is 3.81. The third-order valence-electron chi connectivity index (χ3n) is 3.88. The van der Waals surface area contributed by atoms with Crippen LogP contribution < -0.4 is 0 Å². The van der Waals surface area contributed by atoms with E-state index in [4.69, 9.17) is 4.52 Å². The van der Waals surface area contributed by atoms with Gasteiger partial charge in [0.1, 0.15) is 16.5 Å². The lowest BCUT2D eigenvalue weighted by molar-refractivity contribution is 0.0656. The summed E-state index contributed by atoms with van der Waals surface area (Å²) in [5.41, 5.74) is 0.566. The minimum absolute atomic E-state index is 0.00198. The normalized spacial score (nSPS) is 16.2. The van der Waals surface area contributed by atoms with E-state index in [2.05, 4.69) is 5.16 Å². The third kappa shape index (κ3) is 3.40. The number of hydrogen-bond acceptors (Lipinski definition) is 5. The summed E-state index contributed by atoms with van der Waals surface area (Å²) in [5.74, 6) is -2.30. The van der Waals surface area contributed by atoms with E-state index in [1.165, 1.54) is 11.0 Å². The van der Waals surface area contributed by atoms with Crippen LogP contribution in [-0.4, -0.2) is 54.9 Å². The Labute approximate surface area is 142 Å². The number of aryl methyl sites for hydroxylation is 1. The predicted molar refractivity (Wildman–Crippen MR) is 82.3 cm³/mol. The Balaban J connectivity index is 1.72. The lowest BCUT2D eigenvalue weighted by Gasteiger charge is -2.33. The number of sulfonamides is 1. The molecule has 0 aliphatic carbocycles. The van der Waals surface area contributed by atoms with Crippen LogP contribution in [0.1, 0.15) is 16.2 Å². The lowest BCUT2D eigenvalue weighted by Crippen LogP contribution is -2.50. The Morgan fingerprint density at radius 1 is 1.16 bits per heavy atom. The summed E-state index contributed by atoms with van der Waals surface area (Å²) in [6.45, 7) is 1.93. The summed E-state index contributed by atoms with van der Waals surface area (Å²) in [7, 11) is -4.10. The predicted octanol–water partition coefficient (Wildman–Crippen LogP) is 1.41. The molecule has 134 valence electrons. The quantitative estimate of drug-likeness (QED) is 0.815. The first kappa shape index (κ1) is 17.5. The van der Waals surface area contributed by atoms with E-state index in [0.717, 1.165) is 16.4 Å². The van der Waals surface area contributed by atoms with Crippen molar-refractivity contribution in [1.82, 2.24) is 14.4 Å². The molecule has 1 aromatic carbocycles. The molecule has 1 aliphatic heterocycles. The minimum atomic E-state index is -4.10. The summed E-state index contributed by atoms with van der Waals surface area (Å²) < 4.78 is 57.8. The van der Waals surface area contributed by atoms with E-state index in [0.29, 0.717) is 11.8 Å². The zero-order valence-electron chi connectivity index (χ0n) is 13.3. The van der Waals surface area contributed by atoms with Crippen molar-refractivity contribution in [2.45, 2.75) is 11.8 Å². The molecule has 0 saturated carbocycles. The fraction of sp³-hybridized carbons (Fsp3) is 0.333. The van der Waals surface area contributed by atoms with Gasteiger partial charge in [-0.2, -0.15) is 4.31 Å². The fourth-order valence-corrected chi connectivity index (χ4v) is 4.04. The van der Waals surface area contributed by atoms with Gasteiger partial charge in [-0.25, -0.2) is 17.2 Å². The maximum absolute atomic E-state index is 13.8. The smallest absolute Gasteiger partial charge is 0.292 e. The summed E-state index contributed by atoms with van der Waals surface area (Å²) >= 11 is 0. The Hall–Kier alpha value is -2.33. The Kier molecular flexibility index (Phi) is 4.56. The second-order valence-electron chi connectivity index (χ2n) is 5.60. The van der Waals surface area contributed by atoms with Gasteiger partial charge in [-0.05, 0) is 19.1 Å². The highest BCUT2D eigenvalue weighted by molar-refractivity contribution is 7.89. The summed E-state index contributed by atoms with van der Waals surface area (Å²) in [5, 5.41) is 3.64. The van der Waals surface area contributed by atoms with Gasteiger partial charge in [0.15, 0.2) is 0 Å². The second-order valence-corrected chi connectivity index (χ2v) is 7.51. The number of hydrogen-bond donors (Lipinski definition) is 0. The molecule has 7 nitrogen and oxygen atoms in total. The van der Waals surface area contributed by atoms with Gasteiger partial charge in [-0.3, -0.25) is 4.79 Å². The van der Waals surface area contributed by atoms with Crippen LogP contribution in [0.2, 0.25) is 0 Å². The number of nitrogens with zero attached hydrogens (tertiary/aromatic N) is 3. The van der Waals surface area contributed by atoms with Crippen LogP contribution >= 0.6 is 0 Å². The zero-order chi connectivity index (χ0) is 18.2. The van der Waals surface area contributed by atoms with Gasteiger partial charge in [-0.1, -0.05) is 5.16 Å². The average molecular weight is 371 g/mol. The van der Waals surface area contributed by atoms with Gasteiger partial charge in [0.2, 0.25) is 15.8 Å². The molecular weight excluding hydrogens is 356 g/mol. The second kappa shape index (κ2) is 6.52. The number of amides is 1. The van der Waals surface area contributed by atoms with E-state index >= 15 is 0 Å². The molecule has 0 N–H and O–H groups in total. The number of aromatic nitrogens is 1. The molecule has 25 heavy (non-hydrogen) atoms. The zero-order valence-corrected chi connectivity index (χ0v) is 14.1. The number of carbonyl (C=O) groups excluding carboxylic acids is 1. The number of benzene rings is 1. The highest BCUT2D eigenvalue weighted by atomic mass is 32.2. The van der Waals surface area contributed by atoms with E-state index in [1.807, 2.05) is 0 Å². The fourth-order valence-electron chi connectivity index (χ4n) is 2.58. The van der Waals surface area contributed by atoms with Crippen LogP contribution in [0.25, 0.3) is 0 Å². The van der Waals surface area contributed by atoms with E-state index in [1.54, 1.807) is 6.92 Å². The molecular formula is C15H15F2N3O4S. The van der Waals surface area contributed by atoms with Crippen LogP contribution in [0.4, 0.5) is 8.78 Å². The van der Waals surface area contributed by atoms with E-state index in [9.17, 15) is 22.0 Å². The van der Waals surface area contributed by atoms with Gasteiger partial charge in [0.25, 0.3) is 5.91 Å². The molecule has 1 aliphatic rings. The first-order chi connectivity index (χ1) is 11.8. The van der Waals surface area contributed by atoms with Gasteiger partial charge >= 0.3 is 0 Å². The molecule has 1 aromatic heterocycles. The van der Waals surface area contributed by atoms with E-state index in [-0.39, 0.29) is 37.8 Å². The van der Waals surface area contributed by atoms with Gasteiger partial charge in [-0.15, -0.1) is 0 Å². The molecule has 0 radical (unpaired) electrons. The molecule has 2 aromatic rings. The number of piperazine rings is 1. The molecule has 1 fully saturated rings. The van der Waals surface area contributed by atoms with Crippen molar-refractivity contribution < 1.29 is 26.5 Å². The highest BCUT2D eigenvalue weighted by Gasteiger charge is 2.33. The van der Waals surface area contributed by atoms with Gasteiger partial charge in [0, 0.05) is 38.3 Å². The summed E-state index contributed by atoms with van der Waals surface area (Å²) in [6.07, 6.45) is 0. The summed E-state index contributed by atoms with van der Waals surface area (Å²) in [4.78, 5) is 13.1. The highest BCUT2D eigenvalue weighted by Crippen LogP contribution is 2.22. The van der Waals surface area contributed by atoms with Crippen molar-refractivity contribution in [1.29, 1.82) is 0 Å². The molecule has 10 heteroatoms. The van der Waals surface area contributed by atoms with Gasteiger partial charge in [0.05, 0.1) is 5.69 Å². The number of rotatable bonds is 3. The van der Waals surface area contributed by atoms with Crippen molar-refractivity contribution in [2.75, 3.05) is 26.2 Å². The maximum atomic E-state index is 13.8. The minimum Gasteiger partial charge on any atom is -0.351 e. The Morgan fingerprint density at radius 2 is 1.84 bits per heavy atom. The molecule has 2 heterocycles. The molecule has 3 rings (SSSR count). The first-order valence-corrected chi connectivity index (χ1v) is 8.91. The van der Waals surface area contributed by atoms with Crippen LogP contribution in [-0.2, 0) is 10.0 Å². The largest absolute Gasteiger partial charge is 0.351 e. The van der Waals surface area contributed by atoms with Crippen molar-refractivity contribution in [3.8, 4) is 0 Å². The van der Waals surface area contributed by atoms with Crippen molar-refractivity contribution in [2.24, 2.45) is 0 Å². The van der Waals surface area contributed by atoms with E-state index < -0.39 is 26.6 Å². The maximum Gasteiger partial charge on any atom is 0.292 e. The molecule has 1 amide bonds. The van der Waals surface area contributed by atoms with Crippen molar-refractivity contribution >= 4 is 15.9 Å². The molecule has 0 unspecified atom stereocenters. The molecule has 0 atom stereocenters.